The maximum atomic E-state index is 13.5. The van der Waals surface area contributed by atoms with Crippen LogP contribution in [0.2, 0.25) is 0 Å². The predicted molar refractivity (Wildman–Crippen MR) is 165 cm³/mol. The van der Waals surface area contributed by atoms with Crippen molar-refractivity contribution in [1.82, 2.24) is 16.0 Å². The van der Waals surface area contributed by atoms with Gasteiger partial charge >= 0.3 is 5.97 Å². The van der Waals surface area contributed by atoms with Crippen molar-refractivity contribution in [2.45, 2.75) is 49.9 Å². The lowest BCUT2D eigenvalue weighted by molar-refractivity contribution is -0.142. The Morgan fingerprint density at radius 2 is 1.05 bits per heavy atom. The van der Waals surface area contributed by atoms with E-state index in [9.17, 15) is 24.3 Å². The molecule has 0 bridgehead atoms. The molecule has 0 aliphatic heterocycles. The molecule has 3 rings (SSSR count). The monoisotopic (exact) mass is 590 g/mol. The number of aliphatic carboxylic acids is 1. The molecule has 0 aromatic heterocycles. The van der Waals surface area contributed by atoms with Gasteiger partial charge in [0.15, 0.2) is 0 Å². The quantitative estimate of drug-likeness (QED) is 0.172. The zero-order valence-electron chi connectivity index (χ0n) is 23.6. The number of thioether (sulfide) groups is 1. The van der Waals surface area contributed by atoms with Gasteiger partial charge in [0, 0.05) is 12.8 Å². The number of carboxylic acids is 1. The average molecular weight is 591 g/mol. The second-order valence-corrected chi connectivity index (χ2v) is 11.0. The van der Waals surface area contributed by atoms with Crippen LogP contribution in [0.5, 0.6) is 0 Å². The summed E-state index contributed by atoms with van der Waals surface area (Å²) < 4.78 is 0. The molecule has 0 aliphatic rings. The lowest BCUT2D eigenvalue weighted by Crippen LogP contribution is -2.58. The molecular weight excluding hydrogens is 552 g/mol. The maximum absolute atomic E-state index is 13.5. The number of carboxylic acid groups (broad SMARTS) is 1. The van der Waals surface area contributed by atoms with Gasteiger partial charge in [-0.05, 0) is 41.5 Å². The molecule has 3 aromatic rings. The normalized spacial score (nSPS) is 13.7. The first-order valence-corrected chi connectivity index (χ1v) is 15.2. The topological polar surface area (TPSA) is 151 Å². The molecule has 9 nitrogen and oxygen atoms in total. The third kappa shape index (κ3) is 10.7. The van der Waals surface area contributed by atoms with Crippen molar-refractivity contribution in [2.75, 3.05) is 12.0 Å². The van der Waals surface area contributed by atoms with E-state index in [4.69, 9.17) is 5.73 Å². The van der Waals surface area contributed by atoms with Crippen LogP contribution in [0.15, 0.2) is 91.0 Å². The standard InChI is InChI=1S/C32H38N4O5S/c1-42-18-17-26(34-29(37)25(33)19-22-11-5-2-6-12-22)30(38)35-27(20-23-13-7-3-8-14-23)31(39)36-28(32(40)41)21-24-15-9-4-10-16-24/h2-16,25-28H,17-21,33H2,1H3,(H,34,37)(H,35,38)(H,36,39)(H,40,41)/t25-,26+,27+,28+/m1/s1. The molecular formula is C32H38N4O5S. The van der Waals surface area contributed by atoms with E-state index >= 15 is 0 Å². The highest BCUT2D eigenvalue weighted by Crippen LogP contribution is 2.09. The van der Waals surface area contributed by atoms with Crippen molar-refractivity contribution >= 4 is 35.5 Å². The number of benzene rings is 3. The number of carbonyl (C=O) groups excluding carboxylic acids is 3. The SMILES string of the molecule is CSCC[C@H](NC(=O)[C@H](N)Cc1ccccc1)C(=O)N[C@@H](Cc1ccccc1)C(=O)N[C@@H](Cc1ccccc1)C(=O)O. The summed E-state index contributed by atoms with van der Waals surface area (Å²) in [5.41, 5.74) is 8.58. The zero-order chi connectivity index (χ0) is 30.3. The summed E-state index contributed by atoms with van der Waals surface area (Å²) in [6.45, 7) is 0. The lowest BCUT2D eigenvalue weighted by Gasteiger charge is -2.25. The van der Waals surface area contributed by atoms with E-state index in [1.54, 1.807) is 24.3 Å². The first kappa shape index (κ1) is 32.4. The lowest BCUT2D eigenvalue weighted by atomic mass is 10.0. The zero-order valence-corrected chi connectivity index (χ0v) is 24.4. The minimum Gasteiger partial charge on any atom is -0.480 e. The van der Waals surface area contributed by atoms with Crippen molar-refractivity contribution in [2.24, 2.45) is 5.73 Å². The van der Waals surface area contributed by atoms with Gasteiger partial charge in [-0.2, -0.15) is 11.8 Å². The Kier molecular flexibility index (Phi) is 13.1. The second kappa shape index (κ2) is 17.0. The fraction of sp³-hybridized carbons (Fsp3) is 0.312. The molecule has 42 heavy (non-hydrogen) atoms. The Morgan fingerprint density at radius 1 is 0.643 bits per heavy atom. The summed E-state index contributed by atoms with van der Waals surface area (Å²) in [6.07, 6.45) is 2.73. The molecule has 4 atom stereocenters. The van der Waals surface area contributed by atoms with E-state index in [-0.39, 0.29) is 12.8 Å². The Bertz CT molecular complexity index is 1290. The summed E-state index contributed by atoms with van der Waals surface area (Å²) in [7, 11) is 0. The van der Waals surface area contributed by atoms with Gasteiger partial charge in [0.25, 0.3) is 0 Å². The van der Waals surface area contributed by atoms with E-state index in [1.165, 1.54) is 11.8 Å². The van der Waals surface area contributed by atoms with Crippen molar-refractivity contribution in [1.29, 1.82) is 0 Å². The van der Waals surface area contributed by atoms with Crippen LogP contribution in [-0.4, -0.2) is 65.0 Å². The van der Waals surface area contributed by atoms with Crippen LogP contribution in [-0.2, 0) is 38.4 Å². The summed E-state index contributed by atoms with van der Waals surface area (Å²) in [4.78, 5) is 52.0. The highest BCUT2D eigenvalue weighted by atomic mass is 32.2. The van der Waals surface area contributed by atoms with Crippen LogP contribution < -0.4 is 21.7 Å². The maximum Gasteiger partial charge on any atom is 0.326 e. The number of carbonyl (C=O) groups is 4. The fourth-order valence-electron chi connectivity index (χ4n) is 4.40. The summed E-state index contributed by atoms with van der Waals surface area (Å²) in [6, 6.07) is 23.4. The number of hydrogen-bond acceptors (Lipinski definition) is 6. The van der Waals surface area contributed by atoms with E-state index < -0.39 is 47.9 Å². The van der Waals surface area contributed by atoms with Gasteiger partial charge in [-0.15, -0.1) is 0 Å². The van der Waals surface area contributed by atoms with Crippen molar-refractivity contribution in [3.05, 3.63) is 108 Å². The summed E-state index contributed by atoms with van der Waals surface area (Å²) in [5, 5.41) is 17.9. The molecule has 3 aromatic carbocycles. The molecule has 222 valence electrons. The van der Waals surface area contributed by atoms with Crippen LogP contribution in [0.1, 0.15) is 23.1 Å². The molecule has 0 saturated carbocycles. The summed E-state index contributed by atoms with van der Waals surface area (Å²) in [5.74, 6) is -2.26. The Balaban J connectivity index is 1.75. The van der Waals surface area contributed by atoms with E-state index in [0.29, 0.717) is 18.6 Å². The van der Waals surface area contributed by atoms with Crippen LogP contribution >= 0.6 is 11.8 Å². The molecule has 0 spiro atoms. The third-order valence-corrected chi connectivity index (χ3v) is 7.34. The first-order valence-electron chi connectivity index (χ1n) is 13.8. The minimum atomic E-state index is -1.20. The molecule has 0 unspecified atom stereocenters. The molecule has 0 fully saturated rings. The van der Waals surface area contributed by atoms with Gasteiger partial charge in [-0.1, -0.05) is 91.0 Å². The molecule has 6 N–H and O–H groups in total. The number of amides is 3. The first-order chi connectivity index (χ1) is 20.3. The molecule has 0 aliphatic carbocycles. The number of hydrogen-bond donors (Lipinski definition) is 5. The van der Waals surface area contributed by atoms with E-state index in [1.807, 2.05) is 73.0 Å². The Morgan fingerprint density at radius 3 is 1.52 bits per heavy atom. The third-order valence-electron chi connectivity index (χ3n) is 6.69. The predicted octanol–water partition coefficient (Wildman–Crippen LogP) is 2.33. The number of rotatable bonds is 16. The second-order valence-electron chi connectivity index (χ2n) is 9.98. The molecule has 0 heterocycles. The minimum absolute atomic E-state index is 0.0830. The number of nitrogens with two attached hydrogens (primary N) is 1. The van der Waals surface area contributed by atoms with Crippen molar-refractivity contribution in [3.63, 3.8) is 0 Å². The molecule has 0 radical (unpaired) electrons. The van der Waals surface area contributed by atoms with Gasteiger partial charge in [0.1, 0.15) is 18.1 Å². The van der Waals surface area contributed by atoms with Gasteiger partial charge in [0.05, 0.1) is 6.04 Å². The van der Waals surface area contributed by atoms with Gasteiger partial charge < -0.3 is 26.8 Å². The van der Waals surface area contributed by atoms with Crippen molar-refractivity contribution in [3.8, 4) is 0 Å². The van der Waals surface area contributed by atoms with Gasteiger partial charge in [-0.3, -0.25) is 14.4 Å². The summed E-state index contributed by atoms with van der Waals surface area (Å²) >= 11 is 1.52. The highest BCUT2D eigenvalue weighted by molar-refractivity contribution is 7.98. The van der Waals surface area contributed by atoms with Crippen LogP contribution in [0.25, 0.3) is 0 Å². The number of nitrogens with one attached hydrogen (secondary N) is 3. The van der Waals surface area contributed by atoms with Gasteiger partial charge in [-0.25, -0.2) is 4.79 Å². The van der Waals surface area contributed by atoms with Crippen LogP contribution in [0.3, 0.4) is 0 Å². The van der Waals surface area contributed by atoms with Gasteiger partial charge in [0.2, 0.25) is 17.7 Å². The van der Waals surface area contributed by atoms with Crippen LogP contribution in [0, 0.1) is 0 Å². The molecule has 3 amide bonds. The molecule has 10 heteroatoms. The van der Waals surface area contributed by atoms with E-state index in [0.717, 1.165) is 16.7 Å². The molecule has 0 saturated heterocycles. The average Bonchev–Trinajstić information content (AvgIpc) is 2.99. The highest BCUT2D eigenvalue weighted by Gasteiger charge is 2.30. The largest absolute Gasteiger partial charge is 0.480 e. The van der Waals surface area contributed by atoms with Crippen molar-refractivity contribution < 1.29 is 24.3 Å². The van der Waals surface area contributed by atoms with Crippen LogP contribution in [0.4, 0.5) is 0 Å². The Hall–Kier alpha value is -4.15. The smallest absolute Gasteiger partial charge is 0.326 e. The Labute approximate surface area is 250 Å². The van der Waals surface area contributed by atoms with E-state index in [2.05, 4.69) is 16.0 Å². The fourth-order valence-corrected chi connectivity index (χ4v) is 4.87.